The van der Waals surface area contributed by atoms with Gasteiger partial charge in [-0.25, -0.2) is 0 Å². The van der Waals surface area contributed by atoms with Crippen molar-refractivity contribution in [1.29, 1.82) is 0 Å². The van der Waals surface area contributed by atoms with Gasteiger partial charge in [0.1, 0.15) is 5.75 Å². The molecule has 0 fully saturated rings. The van der Waals surface area contributed by atoms with Crippen LogP contribution >= 0.6 is 15.9 Å². The topological polar surface area (TPSA) is 21.3 Å². The zero-order valence-electron chi connectivity index (χ0n) is 9.96. The summed E-state index contributed by atoms with van der Waals surface area (Å²) in [4.78, 5) is 0. The van der Waals surface area contributed by atoms with Crippen LogP contribution in [0.1, 0.15) is 25.5 Å². The van der Waals surface area contributed by atoms with E-state index in [-0.39, 0.29) is 6.04 Å². The molecule has 0 radical (unpaired) electrons. The molecule has 0 aliphatic carbocycles. The number of methoxy groups -OCH3 is 1. The van der Waals surface area contributed by atoms with Crippen LogP contribution in [0.4, 0.5) is 0 Å². The van der Waals surface area contributed by atoms with Crippen LogP contribution in [0.2, 0.25) is 0 Å². The van der Waals surface area contributed by atoms with Crippen LogP contribution in [0.25, 0.3) is 0 Å². The van der Waals surface area contributed by atoms with Crippen LogP contribution in [-0.4, -0.2) is 13.2 Å². The maximum atomic E-state index is 5.17. The molecule has 16 heavy (non-hydrogen) atoms. The molecule has 0 saturated heterocycles. The molecule has 1 N–H and O–H groups in total. The summed E-state index contributed by atoms with van der Waals surface area (Å²) in [7, 11) is 1.67. The predicted octanol–water partition coefficient (Wildman–Crippen LogP) is 3.68. The third-order valence-corrected chi connectivity index (χ3v) is 3.23. The molecule has 1 aromatic rings. The van der Waals surface area contributed by atoms with Crippen LogP contribution < -0.4 is 10.1 Å². The summed E-state index contributed by atoms with van der Waals surface area (Å²) in [5, 5.41) is 3.44. The second-order valence-electron chi connectivity index (χ2n) is 3.80. The lowest BCUT2D eigenvalue weighted by molar-refractivity contribution is 0.414. The van der Waals surface area contributed by atoms with E-state index in [0.717, 1.165) is 10.2 Å². The molecule has 3 heteroatoms. The van der Waals surface area contributed by atoms with E-state index >= 15 is 0 Å². The van der Waals surface area contributed by atoms with Gasteiger partial charge in [-0.2, -0.15) is 0 Å². The predicted molar refractivity (Wildman–Crippen MR) is 71.9 cm³/mol. The highest BCUT2D eigenvalue weighted by Crippen LogP contribution is 2.27. The highest BCUT2D eigenvalue weighted by Gasteiger charge is 2.11. The molecule has 88 valence electrons. The SMILES string of the molecule is C=CC(C)NC(C)c1ccc(OC)cc1Br. The molecule has 0 aromatic heterocycles. The van der Waals surface area contributed by atoms with E-state index in [1.807, 2.05) is 18.2 Å². The Labute approximate surface area is 106 Å². The van der Waals surface area contributed by atoms with Crippen molar-refractivity contribution in [2.75, 3.05) is 7.11 Å². The van der Waals surface area contributed by atoms with Gasteiger partial charge in [-0.15, -0.1) is 6.58 Å². The summed E-state index contributed by atoms with van der Waals surface area (Å²) in [5.41, 5.74) is 1.22. The maximum absolute atomic E-state index is 5.17. The fourth-order valence-corrected chi connectivity index (χ4v) is 2.24. The van der Waals surface area contributed by atoms with Gasteiger partial charge in [-0.1, -0.05) is 28.1 Å². The Bertz CT molecular complexity index is 365. The van der Waals surface area contributed by atoms with E-state index in [0.29, 0.717) is 6.04 Å². The lowest BCUT2D eigenvalue weighted by atomic mass is 10.1. The quantitative estimate of drug-likeness (QED) is 0.833. The lowest BCUT2D eigenvalue weighted by Gasteiger charge is -2.19. The normalized spacial score (nSPS) is 14.2. The second kappa shape index (κ2) is 6.06. The highest BCUT2D eigenvalue weighted by atomic mass is 79.9. The van der Waals surface area contributed by atoms with Gasteiger partial charge in [0.15, 0.2) is 0 Å². The van der Waals surface area contributed by atoms with Crippen molar-refractivity contribution in [2.45, 2.75) is 25.9 Å². The van der Waals surface area contributed by atoms with Crippen LogP contribution in [-0.2, 0) is 0 Å². The molecule has 0 spiro atoms. The molecule has 0 aliphatic heterocycles. The number of rotatable bonds is 5. The Morgan fingerprint density at radius 3 is 2.62 bits per heavy atom. The van der Waals surface area contributed by atoms with Gasteiger partial charge in [0.05, 0.1) is 7.11 Å². The molecular formula is C13H18BrNO. The zero-order chi connectivity index (χ0) is 12.1. The molecule has 0 aliphatic rings. The first-order valence-corrected chi connectivity index (χ1v) is 6.09. The van der Waals surface area contributed by atoms with E-state index in [2.05, 4.69) is 47.7 Å². The molecular weight excluding hydrogens is 266 g/mol. The minimum absolute atomic E-state index is 0.272. The average molecular weight is 284 g/mol. The Morgan fingerprint density at radius 2 is 2.12 bits per heavy atom. The fourth-order valence-electron chi connectivity index (χ4n) is 1.54. The van der Waals surface area contributed by atoms with E-state index in [9.17, 15) is 0 Å². The number of hydrogen-bond acceptors (Lipinski definition) is 2. The van der Waals surface area contributed by atoms with Gasteiger partial charge >= 0.3 is 0 Å². The van der Waals surface area contributed by atoms with Gasteiger partial charge in [0, 0.05) is 16.6 Å². The van der Waals surface area contributed by atoms with Crippen molar-refractivity contribution in [1.82, 2.24) is 5.32 Å². The van der Waals surface area contributed by atoms with Crippen molar-refractivity contribution in [3.8, 4) is 5.75 Å². The van der Waals surface area contributed by atoms with Crippen LogP contribution in [0.15, 0.2) is 35.3 Å². The summed E-state index contributed by atoms with van der Waals surface area (Å²) >= 11 is 3.55. The monoisotopic (exact) mass is 283 g/mol. The lowest BCUT2D eigenvalue weighted by Crippen LogP contribution is -2.27. The van der Waals surface area contributed by atoms with E-state index < -0.39 is 0 Å². The molecule has 0 saturated carbocycles. The van der Waals surface area contributed by atoms with Gasteiger partial charge in [0.25, 0.3) is 0 Å². The van der Waals surface area contributed by atoms with Crippen molar-refractivity contribution in [2.24, 2.45) is 0 Å². The molecule has 1 aromatic carbocycles. The second-order valence-corrected chi connectivity index (χ2v) is 4.65. The first-order chi connectivity index (χ1) is 7.58. The number of halogens is 1. The smallest absolute Gasteiger partial charge is 0.120 e. The Hall–Kier alpha value is -0.800. The summed E-state index contributed by atoms with van der Waals surface area (Å²) < 4.78 is 6.22. The van der Waals surface area contributed by atoms with E-state index in [1.165, 1.54) is 5.56 Å². The largest absolute Gasteiger partial charge is 0.497 e. The third kappa shape index (κ3) is 3.35. The van der Waals surface area contributed by atoms with E-state index in [1.54, 1.807) is 7.11 Å². The summed E-state index contributed by atoms with van der Waals surface area (Å²) in [6.45, 7) is 7.98. The molecule has 2 unspecified atom stereocenters. The van der Waals surface area contributed by atoms with Crippen LogP contribution in [0.3, 0.4) is 0 Å². The van der Waals surface area contributed by atoms with Crippen LogP contribution in [0, 0.1) is 0 Å². The summed E-state index contributed by atoms with van der Waals surface area (Å²) in [6.07, 6.45) is 1.90. The molecule has 0 heterocycles. The number of nitrogens with one attached hydrogen (secondary N) is 1. The Kier molecular flexibility index (Phi) is 5.03. The Balaban J connectivity index is 2.83. The number of benzene rings is 1. The van der Waals surface area contributed by atoms with Gasteiger partial charge in [-0.3, -0.25) is 0 Å². The van der Waals surface area contributed by atoms with Crippen LogP contribution in [0.5, 0.6) is 5.75 Å². The Morgan fingerprint density at radius 1 is 1.44 bits per heavy atom. The van der Waals surface area contributed by atoms with E-state index in [4.69, 9.17) is 4.74 Å². The molecule has 1 rings (SSSR count). The zero-order valence-corrected chi connectivity index (χ0v) is 11.5. The van der Waals surface area contributed by atoms with Gasteiger partial charge < -0.3 is 10.1 Å². The molecule has 2 nitrogen and oxygen atoms in total. The van der Waals surface area contributed by atoms with Crippen molar-refractivity contribution < 1.29 is 4.74 Å². The highest BCUT2D eigenvalue weighted by molar-refractivity contribution is 9.10. The van der Waals surface area contributed by atoms with Gasteiger partial charge in [-0.05, 0) is 31.5 Å². The van der Waals surface area contributed by atoms with Crippen molar-refractivity contribution >= 4 is 15.9 Å². The van der Waals surface area contributed by atoms with Crippen molar-refractivity contribution in [3.05, 3.63) is 40.9 Å². The standard InChI is InChI=1S/C13H18BrNO/c1-5-9(2)15-10(3)12-7-6-11(16-4)8-13(12)14/h5-10,15H,1H2,2-4H3. The number of hydrogen-bond donors (Lipinski definition) is 1. The summed E-state index contributed by atoms with van der Waals surface area (Å²) in [6, 6.07) is 6.58. The minimum atomic E-state index is 0.272. The third-order valence-electron chi connectivity index (χ3n) is 2.54. The molecule has 0 bridgehead atoms. The minimum Gasteiger partial charge on any atom is -0.497 e. The molecule has 0 amide bonds. The van der Waals surface area contributed by atoms with Crippen molar-refractivity contribution in [3.63, 3.8) is 0 Å². The van der Waals surface area contributed by atoms with Gasteiger partial charge in [0.2, 0.25) is 0 Å². The average Bonchev–Trinajstić information content (AvgIpc) is 2.28. The fraction of sp³-hybridized carbons (Fsp3) is 0.385. The first kappa shape index (κ1) is 13.3. The summed E-state index contributed by atoms with van der Waals surface area (Å²) in [5.74, 6) is 0.861. The molecule has 2 atom stereocenters. The maximum Gasteiger partial charge on any atom is 0.120 e. The first-order valence-electron chi connectivity index (χ1n) is 5.30. The number of ether oxygens (including phenoxy) is 1.